The highest BCUT2D eigenvalue weighted by atomic mass is 14.7. The van der Waals surface area contributed by atoms with Gasteiger partial charge in [0.15, 0.2) is 0 Å². The van der Waals surface area contributed by atoms with Crippen LogP contribution in [0.25, 0.3) is 21.7 Å². The summed E-state index contributed by atoms with van der Waals surface area (Å²) in [5, 5.41) is 4.06. The van der Waals surface area contributed by atoms with E-state index in [2.05, 4.69) is 41.4 Å². The summed E-state index contributed by atoms with van der Waals surface area (Å²) < 4.78 is 0. The number of rotatable bonds is 0. The predicted molar refractivity (Wildman–Crippen MR) is 66.7 cm³/mol. The molecule has 1 aliphatic carbocycles. The van der Waals surface area contributed by atoms with Crippen molar-refractivity contribution in [1.82, 2.24) is 4.98 Å². The molecule has 76 valence electrons. The molecule has 0 N–H and O–H groups in total. The van der Waals surface area contributed by atoms with Crippen molar-refractivity contribution >= 4 is 21.7 Å². The van der Waals surface area contributed by atoms with Crippen molar-refractivity contribution in [3.8, 4) is 0 Å². The zero-order valence-electron chi connectivity index (χ0n) is 8.90. The summed E-state index contributed by atoms with van der Waals surface area (Å²) in [6, 6.07) is 13.1. The van der Waals surface area contributed by atoms with Gasteiger partial charge in [-0.2, -0.15) is 0 Å². The van der Waals surface area contributed by atoms with Crippen LogP contribution in [0.3, 0.4) is 0 Å². The summed E-state index contributed by atoms with van der Waals surface area (Å²) in [6.45, 7) is 0. The van der Waals surface area contributed by atoms with E-state index in [1.165, 1.54) is 27.3 Å². The summed E-state index contributed by atoms with van der Waals surface area (Å²) in [7, 11) is 0. The molecular weight excluding hydrogens is 194 g/mol. The number of hydrogen-bond acceptors (Lipinski definition) is 1. The second kappa shape index (κ2) is 2.82. The molecule has 3 aromatic rings. The minimum absolute atomic E-state index is 1.13. The van der Waals surface area contributed by atoms with Crippen LogP contribution in [0.4, 0.5) is 0 Å². The van der Waals surface area contributed by atoms with Crippen LogP contribution in [0.2, 0.25) is 0 Å². The van der Waals surface area contributed by atoms with Crippen molar-refractivity contribution in [2.75, 3.05) is 0 Å². The first-order valence-corrected chi connectivity index (χ1v) is 5.71. The molecule has 0 aliphatic heterocycles. The van der Waals surface area contributed by atoms with E-state index >= 15 is 0 Å². The van der Waals surface area contributed by atoms with E-state index in [-0.39, 0.29) is 0 Å². The lowest BCUT2D eigenvalue weighted by Gasteiger charge is -2.16. The van der Waals surface area contributed by atoms with Crippen LogP contribution in [0.5, 0.6) is 0 Å². The van der Waals surface area contributed by atoms with Gasteiger partial charge in [-0.15, -0.1) is 0 Å². The second-order valence-electron chi connectivity index (χ2n) is 4.49. The van der Waals surface area contributed by atoms with E-state index < -0.39 is 0 Å². The first-order chi connectivity index (χ1) is 7.92. The molecule has 2 aromatic carbocycles. The molecule has 1 heterocycles. The highest BCUT2D eigenvalue weighted by Crippen LogP contribution is 2.31. The third-order valence-electron chi connectivity index (χ3n) is 3.54. The average molecular weight is 205 g/mol. The third kappa shape index (κ3) is 0.977. The summed E-state index contributed by atoms with van der Waals surface area (Å²) >= 11 is 0. The van der Waals surface area contributed by atoms with Crippen LogP contribution in [0, 0.1) is 0 Å². The van der Waals surface area contributed by atoms with Crippen LogP contribution in [-0.2, 0) is 12.8 Å². The quantitative estimate of drug-likeness (QED) is 0.512. The predicted octanol–water partition coefficient (Wildman–Crippen LogP) is 3.49. The maximum atomic E-state index is 4.54. The fraction of sp³-hybridized carbons (Fsp3) is 0.133. The minimum atomic E-state index is 1.13. The van der Waals surface area contributed by atoms with Crippen LogP contribution in [-0.4, -0.2) is 4.98 Å². The number of pyridine rings is 1. The van der Waals surface area contributed by atoms with Gasteiger partial charge in [0, 0.05) is 11.6 Å². The molecule has 2 bridgehead atoms. The zero-order chi connectivity index (χ0) is 10.5. The first-order valence-electron chi connectivity index (χ1n) is 5.71. The molecule has 0 fully saturated rings. The van der Waals surface area contributed by atoms with Crippen molar-refractivity contribution in [1.29, 1.82) is 0 Å². The zero-order valence-corrected chi connectivity index (χ0v) is 8.90. The Balaban J connectivity index is 2.32. The van der Waals surface area contributed by atoms with Gasteiger partial charge >= 0.3 is 0 Å². The Labute approximate surface area is 93.7 Å². The smallest absolute Gasteiger partial charge is 0.0711 e. The average Bonchev–Trinajstić information content (AvgIpc) is 2.36. The van der Waals surface area contributed by atoms with Gasteiger partial charge in [0.25, 0.3) is 0 Å². The third-order valence-corrected chi connectivity index (χ3v) is 3.54. The Morgan fingerprint density at radius 2 is 1.88 bits per heavy atom. The lowest BCUT2D eigenvalue weighted by atomic mass is 9.90. The lowest BCUT2D eigenvalue weighted by molar-refractivity contribution is 0.951. The van der Waals surface area contributed by atoms with Crippen molar-refractivity contribution in [3.63, 3.8) is 0 Å². The van der Waals surface area contributed by atoms with E-state index in [0.717, 1.165) is 18.4 Å². The molecule has 0 amide bonds. The van der Waals surface area contributed by atoms with Crippen LogP contribution in [0.15, 0.2) is 42.6 Å². The molecule has 1 nitrogen and oxygen atoms in total. The molecule has 0 spiro atoms. The number of aromatic nitrogens is 1. The number of benzene rings is 2. The van der Waals surface area contributed by atoms with E-state index in [0.29, 0.717) is 0 Å². The fourth-order valence-corrected chi connectivity index (χ4v) is 2.74. The summed E-state index contributed by atoms with van der Waals surface area (Å²) in [5.41, 5.74) is 3.99. The lowest BCUT2D eigenvalue weighted by Crippen LogP contribution is -2.01. The van der Waals surface area contributed by atoms with E-state index in [1.807, 2.05) is 6.20 Å². The Kier molecular flexibility index (Phi) is 1.46. The van der Waals surface area contributed by atoms with E-state index in [9.17, 15) is 0 Å². The molecule has 1 heteroatoms. The molecule has 0 saturated carbocycles. The fourth-order valence-electron chi connectivity index (χ4n) is 2.74. The van der Waals surface area contributed by atoms with Gasteiger partial charge in [0.1, 0.15) is 0 Å². The molecule has 4 rings (SSSR count). The highest BCUT2D eigenvalue weighted by molar-refractivity contribution is 6.01. The van der Waals surface area contributed by atoms with Crippen LogP contribution in [0.1, 0.15) is 11.1 Å². The Morgan fingerprint density at radius 3 is 2.88 bits per heavy atom. The van der Waals surface area contributed by atoms with Crippen molar-refractivity contribution < 1.29 is 0 Å². The SMILES string of the molecule is c1ccc2c3c4cc(cnc4cc2c1)CC3. The highest BCUT2D eigenvalue weighted by Gasteiger charge is 2.13. The van der Waals surface area contributed by atoms with Gasteiger partial charge in [0.05, 0.1) is 5.52 Å². The van der Waals surface area contributed by atoms with Gasteiger partial charge in [-0.25, -0.2) is 0 Å². The van der Waals surface area contributed by atoms with Crippen molar-refractivity contribution in [2.45, 2.75) is 12.8 Å². The largest absolute Gasteiger partial charge is 0.256 e. The van der Waals surface area contributed by atoms with Gasteiger partial charge < -0.3 is 0 Å². The molecule has 0 saturated heterocycles. The number of hydrogen-bond donors (Lipinski definition) is 0. The Bertz CT molecular complexity index is 713. The van der Waals surface area contributed by atoms with Crippen LogP contribution >= 0.6 is 0 Å². The standard InChI is InChI=1S/C15H11N/c1-2-4-12-11(3-1)8-15-14-7-10(9-16-15)5-6-13(12)14/h1-4,7-9H,5-6H2. The first kappa shape index (κ1) is 8.28. The van der Waals surface area contributed by atoms with Crippen LogP contribution < -0.4 is 0 Å². The van der Waals surface area contributed by atoms with Crippen molar-refractivity contribution in [2.24, 2.45) is 0 Å². The van der Waals surface area contributed by atoms with Crippen molar-refractivity contribution in [3.05, 3.63) is 53.7 Å². The van der Waals surface area contributed by atoms with Gasteiger partial charge in [-0.3, -0.25) is 4.98 Å². The number of nitrogens with zero attached hydrogens (tertiary/aromatic N) is 1. The van der Waals surface area contributed by atoms with Gasteiger partial charge in [-0.05, 0) is 46.9 Å². The topological polar surface area (TPSA) is 12.9 Å². The second-order valence-corrected chi connectivity index (χ2v) is 4.49. The summed E-state index contributed by atoms with van der Waals surface area (Å²) in [6.07, 6.45) is 4.30. The number of aryl methyl sites for hydroxylation is 2. The van der Waals surface area contributed by atoms with Gasteiger partial charge in [0.2, 0.25) is 0 Å². The molecule has 0 unspecified atom stereocenters. The maximum Gasteiger partial charge on any atom is 0.0711 e. The summed E-state index contributed by atoms with van der Waals surface area (Å²) in [4.78, 5) is 4.54. The molecular formula is C15H11N. The minimum Gasteiger partial charge on any atom is -0.256 e. The normalized spacial score (nSPS) is 13.8. The Hall–Kier alpha value is -1.89. The molecule has 0 atom stereocenters. The summed E-state index contributed by atoms with van der Waals surface area (Å²) in [5.74, 6) is 0. The molecule has 16 heavy (non-hydrogen) atoms. The van der Waals surface area contributed by atoms with Gasteiger partial charge in [-0.1, -0.05) is 24.3 Å². The maximum absolute atomic E-state index is 4.54. The molecule has 1 aromatic heterocycles. The number of fused-ring (bicyclic) bond motifs is 3. The molecule has 0 radical (unpaired) electrons. The molecule has 1 aliphatic rings. The Morgan fingerprint density at radius 1 is 0.938 bits per heavy atom. The van der Waals surface area contributed by atoms with E-state index in [4.69, 9.17) is 0 Å². The van der Waals surface area contributed by atoms with E-state index in [1.54, 1.807) is 0 Å². The monoisotopic (exact) mass is 205 g/mol.